The van der Waals surface area contributed by atoms with Gasteiger partial charge in [0.1, 0.15) is 5.75 Å². The number of phenols is 1. The van der Waals surface area contributed by atoms with E-state index in [0.29, 0.717) is 39.3 Å². The fraction of sp³-hybridized carbons (Fsp3) is 0.357. The van der Waals surface area contributed by atoms with Gasteiger partial charge in [0, 0.05) is 27.8 Å². The summed E-state index contributed by atoms with van der Waals surface area (Å²) in [7, 11) is 8.57. The normalized spacial score (nSPS) is 10.9. The van der Waals surface area contributed by atoms with Crippen LogP contribution in [0, 0.1) is 12.8 Å². The molecule has 0 saturated heterocycles. The molecule has 0 heterocycles. The lowest BCUT2D eigenvalue weighted by Crippen LogP contribution is -2.17. The monoisotopic (exact) mass is 512 g/mol. The molecule has 37 heavy (non-hydrogen) atoms. The lowest BCUT2D eigenvalue weighted by atomic mass is 9.83. The van der Waals surface area contributed by atoms with Gasteiger partial charge in [0.15, 0.2) is 28.8 Å². The Hall–Kier alpha value is -4.14. The molecule has 0 unspecified atom stereocenters. The molecule has 0 aliphatic carbocycles. The predicted octanol–water partition coefficient (Wildman–Crippen LogP) is 5.19. The molecule has 0 radical (unpaired) electrons. The summed E-state index contributed by atoms with van der Waals surface area (Å²) >= 11 is 0. The van der Waals surface area contributed by atoms with Gasteiger partial charge in [-0.2, -0.15) is 0 Å². The van der Waals surface area contributed by atoms with Crippen LogP contribution in [-0.4, -0.2) is 59.5 Å². The fourth-order valence-electron chi connectivity index (χ4n) is 4.57. The van der Waals surface area contributed by atoms with Crippen molar-refractivity contribution in [3.8, 4) is 45.6 Å². The van der Waals surface area contributed by atoms with E-state index >= 15 is 0 Å². The number of carbonyl (C=O) groups is 2. The average Bonchev–Trinajstić information content (AvgIpc) is 2.90. The van der Waals surface area contributed by atoms with Gasteiger partial charge in [0.05, 0.1) is 53.8 Å². The van der Waals surface area contributed by atoms with E-state index in [1.54, 1.807) is 39.0 Å². The van der Waals surface area contributed by atoms with Gasteiger partial charge in [-0.05, 0) is 24.6 Å². The molecule has 3 aromatic rings. The summed E-state index contributed by atoms with van der Waals surface area (Å²) in [4.78, 5) is 26.9. The summed E-state index contributed by atoms with van der Waals surface area (Å²) in [6, 6.07) is 5.07. The maximum Gasteiger partial charge on any atom is 0.339 e. The van der Waals surface area contributed by atoms with Crippen molar-refractivity contribution in [1.29, 1.82) is 0 Å². The number of fused-ring (bicyclic) bond motifs is 1. The van der Waals surface area contributed by atoms with Crippen LogP contribution in [0.4, 0.5) is 0 Å². The Labute approximate surface area is 215 Å². The van der Waals surface area contributed by atoms with Crippen LogP contribution in [0.3, 0.4) is 0 Å². The smallest absolute Gasteiger partial charge is 0.339 e. The topological polar surface area (TPSA) is 110 Å². The van der Waals surface area contributed by atoms with Gasteiger partial charge in [-0.25, -0.2) is 4.79 Å². The highest BCUT2D eigenvalue weighted by molar-refractivity contribution is 6.22. The van der Waals surface area contributed by atoms with Crippen molar-refractivity contribution in [2.45, 2.75) is 20.8 Å². The number of esters is 1. The number of Topliss-reactive ketones (excluding diaryl/α,β-unsaturated/α-hetero) is 1. The molecule has 0 saturated carbocycles. The molecule has 3 rings (SSSR count). The predicted molar refractivity (Wildman–Crippen MR) is 139 cm³/mol. The first-order valence-corrected chi connectivity index (χ1v) is 11.5. The highest BCUT2D eigenvalue weighted by atomic mass is 16.5. The van der Waals surface area contributed by atoms with Gasteiger partial charge in [0.25, 0.3) is 0 Å². The number of hydrogen-bond donors (Lipinski definition) is 1. The lowest BCUT2D eigenvalue weighted by Gasteiger charge is -2.24. The number of phenolic OH excluding ortho intramolecular Hbond substituents is 1. The van der Waals surface area contributed by atoms with Crippen molar-refractivity contribution in [1.82, 2.24) is 0 Å². The summed E-state index contributed by atoms with van der Waals surface area (Å²) in [6.07, 6.45) is 0. The molecule has 0 aliphatic rings. The second-order valence-electron chi connectivity index (χ2n) is 8.53. The Balaban J connectivity index is 2.80. The molecule has 0 atom stereocenters. The Bertz CT molecular complexity index is 1370. The van der Waals surface area contributed by atoms with Crippen molar-refractivity contribution in [2.24, 2.45) is 5.92 Å². The van der Waals surface area contributed by atoms with Crippen LogP contribution in [0.5, 0.6) is 34.5 Å². The first-order valence-electron chi connectivity index (χ1n) is 11.5. The maximum absolute atomic E-state index is 13.5. The molecule has 1 N–H and O–H groups in total. The van der Waals surface area contributed by atoms with Gasteiger partial charge in [-0.1, -0.05) is 19.9 Å². The van der Waals surface area contributed by atoms with Crippen LogP contribution in [0.2, 0.25) is 0 Å². The van der Waals surface area contributed by atoms with Gasteiger partial charge >= 0.3 is 5.97 Å². The van der Waals surface area contributed by atoms with E-state index in [9.17, 15) is 14.7 Å². The zero-order valence-corrected chi connectivity index (χ0v) is 22.5. The van der Waals surface area contributed by atoms with Crippen molar-refractivity contribution < 1.29 is 43.1 Å². The Morgan fingerprint density at radius 2 is 1.35 bits per heavy atom. The molecule has 0 amide bonds. The van der Waals surface area contributed by atoms with Crippen molar-refractivity contribution in [2.75, 3.05) is 42.7 Å². The van der Waals surface area contributed by atoms with Crippen molar-refractivity contribution >= 4 is 22.5 Å². The molecule has 3 aromatic carbocycles. The van der Waals surface area contributed by atoms with E-state index < -0.39 is 17.7 Å². The quantitative estimate of drug-likeness (QED) is 0.306. The lowest BCUT2D eigenvalue weighted by molar-refractivity contribution is 0.0596. The van der Waals surface area contributed by atoms with E-state index in [1.807, 2.05) is 0 Å². The zero-order chi connectivity index (χ0) is 27.6. The maximum atomic E-state index is 13.5. The Morgan fingerprint density at radius 3 is 1.84 bits per heavy atom. The highest BCUT2D eigenvalue weighted by Gasteiger charge is 2.35. The number of aryl methyl sites for hydroxylation is 1. The molecule has 198 valence electrons. The number of methoxy groups -OCH3 is 6. The molecule has 9 nitrogen and oxygen atoms in total. The van der Waals surface area contributed by atoms with Crippen LogP contribution in [0.15, 0.2) is 18.2 Å². The van der Waals surface area contributed by atoms with E-state index in [4.69, 9.17) is 28.4 Å². The minimum Gasteiger partial charge on any atom is -0.506 e. The SMILES string of the molecule is COC(=O)c1c(C(=O)C(C)C)c(O)c2c(C)c(OC)c(OC)c(OC)c2c1-c1ccc(OC)c(OC)c1. The van der Waals surface area contributed by atoms with E-state index in [0.717, 1.165) is 0 Å². The third-order valence-electron chi connectivity index (χ3n) is 6.27. The fourth-order valence-corrected chi connectivity index (χ4v) is 4.57. The average molecular weight is 513 g/mol. The van der Waals surface area contributed by atoms with Gasteiger partial charge in [-0.3, -0.25) is 4.79 Å². The van der Waals surface area contributed by atoms with Gasteiger partial charge in [0.2, 0.25) is 5.75 Å². The highest BCUT2D eigenvalue weighted by Crippen LogP contribution is 2.54. The van der Waals surface area contributed by atoms with Crippen molar-refractivity contribution in [3.63, 3.8) is 0 Å². The third kappa shape index (κ3) is 4.34. The van der Waals surface area contributed by atoms with Gasteiger partial charge < -0.3 is 33.5 Å². The second-order valence-corrected chi connectivity index (χ2v) is 8.53. The summed E-state index contributed by atoms with van der Waals surface area (Å²) < 4.78 is 33.0. The van der Waals surface area contributed by atoms with Crippen LogP contribution in [0.1, 0.15) is 40.1 Å². The van der Waals surface area contributed by atoms with E-state index in [2.05, 4.69) is 0 Å². The van der Waals surface area contributed by atoms with Crippen LogP contribution < -0.4 is 23.7 Å². The number of carbonyl (C=O) groups excluding carboxylic acids is 2. The molecular formula is C28H32O9. The Kier molecular flexibility index (Phi) is 8.06. The molecule has 0 bridgehead atoms. The minimum atomic E-state index is -0.805. The Morgan fingerprint density at radius 1 is 0.757 bits per heavy atom. The third-order valence-corrected chi connectivity index (χ3v) is 6.27. The first kappa shape index (κ1) is 27.4. The summed E-state index contributed by atoms with van der Waals surface area (Å²) in [5, 5.41) is 12.2. The van der Waals surface area contributed by atoms with E-state index in [-0.39, 0.29) is 33.8 Å². The first-order chi connectivity index (χ1) is 17.6. The van der Waals surface area contributed by atoms with Crippen LogP contribution >= 0.6 is 0 Å². The molecule has 0 aliphatic heterocycles. The number of ether oxygens (including phenoxy) is 6. The second kappa shape index (κ2) is 10.9. The largest absolute Gasteiger partial charge is 0.506 e. The van der Waals surface area contributed by atoms with E-state index in [1.165, 1.54) is 42.7 Å². The summed E-state index contributed by atoms with van der Waals surface area (Å²) in [5.41, 5.74) is 1.01. The standard InChI is InChI=1S/C28H32O9/c1-13(2)23(29)22-21(28(31)37-9)19(15-10-11-16(32-4)17(12-15)33-5)20-18(24(22)30)14(3)25(34-6)27(36-8)26(20)35-7/h10-13,30H,1-9H3. The summed E-state index contributed by atoms with van der Waals surface area (Å²) in [5.74, 6) is -0.518. The van der Waals surface area contributed by atoms with Gasteiger partial charge in [-0.15, -0.1) is 0 Å². The number of ketones is 1. The van der Waals surface area contributed by atoms with Crippen LogP contribution in [-0.2, 0) is 4.74 Å². The molecule has 0 aromatic heterocycles. The number of benzene rings is 3. The number of hydrogen-bond acceptors (Lipinski definition) is 9. The minimum absolute atomic E-state index is 0.108. The number of aromatic hydroxyl groups is 1. The molecule has 0 spiro atoms. The van der Waals surface area contributed by atoms with Crippen LogP contribution in [0.25, 0.3) is 21.9 Å². The molecular weight excluding hydrogens is 480 g/mol. The molecule has 9 heteroatoms. The number of rotatable bonds is 9. The van der Waals surface area contributed by atoms with Crippen molar-refractivity contribution in [3.05, 3.63) is 34.9 Å². The molecule has 0 fully saturated rings. The summed E-state index contributed by atoms with van der Waals surface area (Å²) in [6.45, 7) is 5.10. The zero-order valence-electron chi connectivity index (χ0n) is 22.5.